The molecule has 0 aliphatic carbocycles. The molecule has 0 aliphatic rings. The van der Waals surface area contributed by atoms with Crippen LogP contribution < -0.4 is 4.74 Å². The first-order chi connectivity index (χ1) is 13.3. The molecule has 0 aliphatic heterocycles. The standard InChI is InChI=1S/C24H20N2O/c1-27-21-14-12-20(13-15-21)24(22(16-25)18-8-4-2-5-9-18)23(17-26)19-10-6-3-7-11-19/h2-15,22-24H,1H3. The first-order valence-electron chi connectivity index (χ1n) is 8.81. The molecule has 0 saturated heterocycles. The molecule has 2 unspecified atom stereocenters. The summed E-state index contributed by atoms with van der Waals surface area (Å²) in [5.74, 6) is -0.427. The van der Waals surface area contributed by atoms with Gasteiger partial charge >= 0.3 is 0 Å². The van der Waals surface area contributed by atoms with Gasteiger partial charge in [-0.25, -0.2) is 0 Å². The fourth-order valence-electron chi connectivity index (χ4n) is 3.45. The van der Waals surface area contributed by atoms with Gasteiger partial charge in [-0.15, -0.1) is 0 Å². The Morgan fingerprint density at radius 2 is 1.07 bits per heavy atom. The summed E-state index contributed by atoms with van der Waals surface area (Å²) in [5.41, 5.74) is 2.77. The van der Waals surface area contributed by atoms with E-state index in [1.165, 1.54) is 0 Å². The van der Waals surface area contributed by atoms with Crippen LogP contribution in [0.1, 0.15) is 34.4 Å². The van der Waals surface area contributed by atoms with Gasteiger partial charge in [0.25, 0.3) is 0 Å². The van der Waals surface area contributed by atoms with Crippen LogP contribution in [0.3, 0.4) is 0 Å². The number of nitriles is 2. The van der Waals surface area contributed by atoms with E-state index in [0.717, 1.165) is 22.4 Å². The first-order valence-corrected chi connectivity index (χ1v) is 8.81. The molecule has 0 amide bonds. The lowest BCUT2D eigenvalue weighted by Crippen LogP contribution is -2.18. The van der Waals surface area contributed by atoms with Crippen LogP contribution in [0.5, 0.6) is 5.75 Å². The molecule has 0 radical (unpaired) electrons. The van der Waals surface area contributed by atoms with Gasteiger partial charge in [0.1, 0.15) is 5.75 Å². The summed E-state index contributed by atoms with van der Waals surface area (Å²) in [6, 6.07) is 31.9. The smallest absolute Gasteiger partial charge is 0.118 e. The van der Waals surface area contributed by atoms with Gasteiger partial charge in [0.05, 0.1) is 31.1 Å². The molecule has 0 heterocycles. The van der Waals surface area contributed by atoms with Crippen molar-refractivity contribution in [3.05, 3.63) is 102 Å². The number of benzene rings is 3. The third-order valence-electron chi connectivity index (χ3n) is 4.81. The number of methoxy groups -OCH3 is 1. The zero-order chi connectivity index (χ0) is 19.1. The highest BCUT2D eigenvalue weighted by molar-refractivity contribution is 5.41. The van der Waals surface area contributed by atoms with Crippen molar-refractivity contribution in [3.63, 3.8) is 0 Å². The third-order valence-corrected chi connectivity index (χ3v) is 4.81. The van der Waals surface area contributed by atoms with Gasteiger partial charge < -0.3 is 4.74 Å². The van der Waals surface area contributed by atoms with Crippen LogP contribution in [-0.4, -0.2) is 7.11 Å². The predicted octanol–water partition coefficient (Wildman–Crippen LogP) is 5.39. The molecule has 3 heteroatoms. The van der Waals surface area contributed by atoms with E-state index in [2.05, 4.69) is 12.1 Å². The van der Waals surface area contributed by atoms with Crippen molar-refractivity contribution in [2.24, 2.45) is 0 Å². The molecular formula is C24H20N2O. The topological polar surface area (TPSA) is 56.8 Å². The number of rotatable bonds is 6. The Morgan fingerprint density at radius 3 is 1.44 bits per heavy atom. The van der Waals surface area contributed by atoms with Crippen molar-refractivity contribution in [3.8, 4) is 17.9 Å². The molecular weight excluding hydrogens is 332 g/mol. The van der Waals surface area contributed by atoms with Gasteiger partial charge in [0.2, 0.25) is 0 Å². The molecule has 3 nitrogen and oxygen atoms in total. The number of hydrogen-bond donors (Lipinski definition) is 0. The molecule has 0 N–H and O–H groups in total. The van der Waals surface area contributed by atoms with Crippen molar-refractivity contribution in [2.75, 3.05) is 7.11 Å². The molecule has 27 heavy (non-hydrogen) atoms. The SMILES string of the molecule is COc1ccc(C(C(C#N)c2ccccc2)C(C#N)c2ccccc2)cc1. The second-order valence-electron chi connectivity index (χ2n) is 6.33. The van der Waals surface area contributed by atoms with Gasteiger partial charge in [-0.1, -0.05) is 72.8 Å². The summed E-state index contributed by atoms with van der Waals surface area (Å²) in [6.45, 7) is 0. The maximum Gasteiger partial charge on any atom is 0.118 e. The average Bonchev–Trinajstić information content (AvgIpc) is 2.75. The van der Waals surface area contributed by atoms with Gasteiger partial charge in [-0.3, -0.25) is 0 Å². The summed E-state index contributed by atoms with van der Waals surface area (Å²) in [4.78, 5) is 0. The summed E-state index contributed by atoms with van der Waals surface area (Å²) in [5, 5.41) is 20.0. The molecule has 132 valence electrons. The van der Waals surface area contributed by atoms with Gasteiger partial charge in [-0.05, 0) is 28.8 Å². The van der Waals surface area contributed by atoms with E-state index in [0.29, 0.717) is 0 Å². The lowest BCUT2D eigenvalue weighted by molar-refractivity contribution is 0.414. The number of nitrogens with zero attached hydrogens (tertiary/aromatic N) is 2. The van der Waals surface area contributed by atoms with Crippen molar-refractivity contribution in [1.29, 1.82) is 10.5 Å². The van der Waals surface area contributed by atoms with Gasteiger partial charge in [0, 0.05) is 5.92 Å². The van der Waals surface area contributed by atoms with E-state index in [1.807, 2.05) is 84.9 Å². The first kappa shape index (κ1) is 18.2. The van der Waals surface area contributed by atoms with Crippen LogP contribution in [0.2, 0.25) is 0 Å². The Labute approximate surface area is 160 Å². The fourth-order valence-corrected chi connectivity index (χ4v) is 3.45. The summed E-state index contributed by atoms with van der Waals surface area (Å²) < 4.78 is 5.26. The van der Waals surface area contributed by atoms with Crippen LogP contribution in [0.15, 0.2) is 84.9 Å². The Kier molecular flexibility index (Phi) is 5.87. The fraction of sp³-hybridized carbons (Fsp3) is 0.167. The summed E-state index contributed by atoms with van der Waals surface area (Å²) in [7, 11) is 1.62. The van der Waals surface area contributed by atoms with Crippen molar-refractivity contribution < 1.29 is 4.74 Å². The molecule has 0 bridgehead atoms. The molecule has 0 spiro atoms. The largest absolute Gasteiger partial charge is 0.497 e. The van der Waals surface area contributed by atoms with Gasteiger partial charge in [0.15, 0.2) is 0 Å². The van der Waals surface area contributed by atoms with Crippen molar-refractivity contribution >= 4 is 0 Å². The monoisotopic (exact) mass is 352 g/mol. The number of hydrogen-bond acceptors (Lipinski definition) is 3. The minimum Gasteiger partial charge on any atom is -0.497 e. The van der Waals surface area contributed by atoms with Crippen molar-refractivity contribution in [2.45, 2.75) is 17.8 Å². The Balaban J connectivity index is 2.13. The second kappa shape index (κ2) is 8.70. The molecule has 0 saturated carbocycles. The zero-order valence-corrected chi connectivity index (χ0v) is 15.1. The molecule has 3 rings (SSSR count). The van der Waals surface area contributed by atoms with E-state index in [-0.39, 0.29) is 5.92 Å². The molecule has 3 aromatic rings. The van der Waals surface area contributed by atoms with E-state index >= 15 is 0 Å². The van der Waals surface area contributed by atoms with Crippen LogP contribution >= 0.6 is 0 Å². The number of ether oxygens (including phenoxy) is 1. The normalized spacial score (nSPS) is 13.6. The van der Waals surface area contributed by atoms with E-state index < -0.39 is 11.8 Å². The van der Waals surface area contributed by atoms with E-state index in [4.69, 9.17) is 4.74 Å². The Morgan fingerprint density at radius 1 is 0.630 bits per heavy atom. The molecule has 0 aromatic heterocycles. The average molecular weight is 352 g/mol. The Hall–Kier alpha value is -3.56. The highest BCUT2D eigenvalue weighted by atomic mass is 16.5. The predicted molar refractivity (Wildman–Crippen MR) is 105 cm³/mol. The van der Waals surface area contributed by atoms with Crippen LogP contribution in [0, 0.1) is 22.7 Å². The van der Waals surface area contributed by atoms with E-state index in [1.54, 1.807) is 7.11 Å². The lowest BCUT2D eigenvalue weighted by atomic mass is 9.72. The highest BCUT2D eigenvalue weighted by Crippen LogP contribution is 2.43. The Bertz CT molecular complexity index is 880. The maximum atomic E-state index is 10.0. The third kappa shape index (κ3) is 4.00. The van der Waals surface area contributed by atoms with Crippen LogP contribution in [0.4, 0.5) is 0 Å². The van der Waals surface area contributed by atoms with Crippen LogP contribution in [-0.2, 0) is 0 Å². The van der Waals surface area contributed by atoms with Gasteiger partial charge in [-0.2, -0.15) is 10.5 Å². The van der Waals surface area contributed by atoms with E-state index in [9.17, 15) is 10.5 Å². The molecule has 2 atom stereocenters. The lowest BCUT2D eigenvalue weighted by Gasteiger charge is -2.27. The van der Waals surface area contributed by atoms with Crippen LogP contribution in [0.25, 0.3) is 0 Å². The molecule has 3 aromatic carbocycles. The quantitative estimate of drug-likeness (QED) is 0.597. The zero-order valence-electron chi connectivity index (χ0n) is 15.1. The summed E-state index contributed by atoms with van der Waals surface area (Å²) in [6.07, 6.45) is 0. The summed E-state index contributed by atoms with van der Waals surface area (Å²) >= 11 is 0. The minimum absolute atomic E-state index is 0.296. The molecule has 0 fully saturated rings. The minimum atomic E-state index is -0.440. The second-order valence-corrected chi connectivity index (χ2v) is 6.33. The maximum absolute atomic E-state index is 10.0. The highest BCUT2D eigenvalue weighted by Gasteiger charge is 2.33. The van der Waals surface area contributed by atoms with Crippen molar-refractivity contribution in [1.82, 2.24) is 0 Å².